The second kappa shape index (κ2) is 13.4. The maximum absolute atomic E-state index is 13.4. The van der Waals surface area contributed by atoms with Gasteiger partial charge in [-0.3, -0.25) is 9.10 Å². The monoisotopic (exact) mass is 592 g/mol. The molecule has 0 atom stereocenters. The molecule has 0 spiro atoms. The first-order chi connectivity index (χ1) is 20.2. The molecule has 4 aromatic carbocycles. The van der Waals surface area contributed by atoms with E-state index in [1.165, 1.54) is 29.8 Å². The predicted octanol–water partition coefficient (Wildman–Crippen LogP) is 8.50. The van der Waals surface area contributed by atoms with Crippen LogP contribution >= 0.6 is 11.9 Å². The number of rotatable bonds is 9. The Kier molecular flexibility index (Phi) is 9.39. The molecular formula is C33H31F3N2O3S. The van der Waals surface area contributed by atoms with E-state index in [-0.39, 0.29) is 17.8 Å². The number of benzene rings is 4. The Morgan fingerprint density at radius 3 is 2.33 bits per heavy atom. The molecule has 5 nitrogen and oxygen atoms in total. The Balaban J connectivity index is 1.20. The molecule has 4 aromatic rings. The smallest absolute Gasteiger partial charge is 0.490 e. The third-order valence-corrected chi connectivity index (χ3v) is 8.14. The number of aryl methyl sites for hydroxylation is 1. The summed E-state index contributed by atoms with van der Waals surface area (Å²) in [5.74, 6) is 0.992. The summed E-state index contributed by atoms with van der Waals surface area (Å²) in [5, 5.41) is 2.95. The van der Waals surface area contributed by atoms with Crippen LogP contribution in [0.1, 0.15) is 34.3 Å². The number of anilines is 1. The van der Waals surface area contributed by atoms with E-state index in [0.29, 0.717) is 28.1 Å². The summed E-state index contributed by atoms with van der Waals surface area (Å²) in [6, 6.07) is 28.6. The van der Waals surface area contributed by atoms with Crippen LogP contribution in [0, 0.1) is 6.92 Å². The summed E-state index contributed by atoms with van der Waals surface area (Å²) in [6.45, 7) is 3.74. The minimum absolute atomic E-state index is 0.0946. The molecule has 0 bridgehead atoms. The van der Waals surface area contributed by atoms with Crippen molar-refractivity contribution in [2.45, 2.75) is 38.0 Å². The number of amides is 1. The van der Waals surface area contributed by atoms with Crippen molar-refractivity contribution >= 4 is 23.5 Å². The molecule has 9 heteroatoms. The van der Waals surface area contributed by atoms with Crippen molar-refractivity contribution in [3.8, 4) is 22.6 Å². The van der Waals surface area contributed by atoms with E-state index in [2.05, 4.69) is 38.6 Å². The number of nitrogens with one attached hydrogen (secondary N) is 1. The minimum atomic E-state index is -4.77. The molecule has 1 heterocycles. The van der Waals surface area contributed by atoms with Gasteiger partial charge >= 0.3 is 6.36 Å². The third kappa shape index (κ3) is 8.08. The van der Waals surface area contributed by atoms with Gasteiger partial charge in [0.05, 0.1) is 0 Å². The van der Waals surface area contributed by atoms with Crippen LogP contribution in [0.2, 0.25) is 0 Å². The largest absolute Gasteiger partial charge is 0.573 e. The summed E-state index contributed by atoms with van der Waals surface area (Å²) < 4.78 is 50.4. The second-order valence-corrected chi connectivity index (χ2v) is 11.1. The lowest BCUT2D eigenvalue weighted by Crippen LogP contribution is -2.34. The molecule has 0 unspecified atom stereocenters. The van der Waals surface area contributed by atoms with Gasteiger partial charge in [0.1, 0.15) is 17.6 Å². The first kappa shape index (κ1) is 29.5. The summed E-state index contributed by atoms with van der Waals surface area (Å²) in [4.78, 5) is 13.4. The molecule has 218 valence electrons. The molecule has 1 N–H and O–H groups in total. The van der Waals surface area contributed by atoms with E-state index < -0.39 is 6.36 Å². The van der Waals surface area contributed by atoms with E-state index in [1.54, 1.807) is 18.2 Å². The molecule has 1 fully saturated rings. The van der Waals surface area contributed by atoms with Crippen LogP contribution in [-0.2, 0) is 5.75 Å². The van der Waals surface area contributed by atoms with E-state index in [1.807, 2.05) is 49.2 Å². The van der Waals surface area contributed by atoms with Gasteiger partial charge in [-0.15, -0.1) is 13.2 Å². The van der Waals surface area contributed by atoms with Crippen molar-refractivity contribution in [1.29, 1.82) is 0 Å². The fourth-order valence-corrected chi connectivity index (χ4v) is 5.91. The van der Waals surface area contributed by atoms with Gasteiger partial charge < -0.3 is 14.8 Å². The highest BCUT2D eigenvalue weighted by Gasteiger charge is 2.31. The lowest BCUT2D eigenvalue weighted by atomic mass is 9.94. The van der Waals surface area contributed by atoms with Crippen LogP contribution in [0.15, 0.2) is 97.1 Å². The third-order valence-electron chi connectivity index (χ3n) is 6.95. The zero-order valence-electron chi connectivity index (χ0n) is 23.1. The van der Waals surface area contributed by atoms with E-state index >= 15 is 0 Å². The van der Waals surface area contributed by atoms with Gasteiger partial charge in [0, 0.05) is 36.2 Å². The fraction of sp³-hybridized carbons (Fsp3) is 0.242. The number of carbonyl (C=O) groups excluding carboxylic acids is 1. The van der Waals surface area contributed by atoms with Gasteiger partial charge in [0.25, 0.3) is 5.91 Å². The summed E-state index contributed by atoms with van der Waals surface area (Å²) in [7, 11) is 0. The van der Waals surface area contributed by atoms with Crippen LogP contribution < -0.4 is 14.8 Å². The summed E-state index contributed by atoms with van der Waals surface area (Å²) in [5.41, 5.74) is 4.38. The van der Waals surface area contributed by atoms with Crippen LogP contribution in [-0.4, -0.2) is 35.8 Å². The highest BCUT2D eigenvalue weighted by atomic mass is 32.2. The number of alkyl halides is 3. The molecule has 1 aliphatic rings. The highest BCUT2D eigenvalue weighted by Crippen LogP contribution is 2.32. The SMILES string of the molecule is Cc1cccc(C(=O)Nc2cccc(OC3CCN(SCc4ccccc4)CC3)c2)c1-c1ccc(OC(F)(F)F)cc1. The second-order valence-electron chi connectivity index (χ2n) is 10.1. The van der Waals surface area contributed by atoms with Crippen LogP contribution in [0.5, 0.6) is 11.5 Å². The average Bonchev–Trinajstić information content (AvgIpc) is 2.97. The average molecular weight is 593 g/mol. The van der Waals surface area contributed by atoms with Crippen LogP contribution in [0.3, 0.4) is 0 Å². The Labute approximate surface area is 247 Å². The molecule has 1 saturated heterocycles. The van der Waals surface area contributed by atoms with Crippen molar-refractivity contribution in [3.05, 3.63) is 114 Å². The van der Waals surface area contributed by atoms with Crippen molar-refractivity contribution in [3.63, 3.8) is 0 Å². The highest BCUT2D eigenvalue weighted by molar-refractivity contribution is 7.96. The molecule has 1 amide bonds. The molecular weight excluding hydrogens is 561 g/mol. The van der Waals surface area contributed by atoms with Gasteiger partial charge in [0.2, 0.25) is 0 Å². The number of hydrogen-bond acceptors (Lipinski definition) is 5. The number of ether oxygens (including phenoxy) is 2. The molecule has 0 aliphatic carbocycles. The quantitative estimate of drug-likeness (QED) is 0.198. The summed E-state index contributed by atoms with van der Waals surface area (Å²) in [6.07, 6.45) is -2.85. The van der Waals surface area contributed by atoms with E-state index in [4.69, 9.17) is 4.74 Å². The fourth-order valence-electron chi connectivity index (χ4n) is 4.92. The van der Waals surface area contributed by atoms with Gasteiger partial charge in [0.15, 0.2) is 0 Å². The molecule has 0 saturated carbocycles. The number of piperidine rings is 1. The molecule has 0 aromatic heterocycles. The number of hydrogen-bond donors (Lipinski definition) is 1. The van der Waals surface area contributed by atoms with Gasteiger partial charge in [-0.2, -0.15) is 0 Å². The van der Waals surface area contributed by atoms with E-state index in [9.17, 15) is 18.0 Å². The topological polar surface area (TPSA) is 50.8 Å². The zero-order chi connectivity index (χ0) is 29.5. The predicted molar refractivity (Wildman–Crippen MR) is 161 cm³/mol. The van der Waals surface area contributed by atoms with Crippen molar-refractivity contribution in [1.82, 2.24) is 4.31 Å². The lowest BCUT2D eigenvalue weighted by molar-refractivity contribution is -0.274. The van der Waals surface area contributed by atoms with Crippen molar-refractivity contribution in [2.24, 2.45) is 0 Å². The standard InChI is InChI=1S/C33H31F3N2O3S/c1-23-7-5-12-30(31(23)25-13-15-28(16-14-25)41-33(34,35)36)32(39)37-26-10-6-11-29(21-26)40-27-17-19-38(20-18-27)42-22-24-8-3-2-4-9-24/h2-16,21,27H,17-20,22H2,1H3,(H,37,39). The van der Waals surface area contributed by atoms with Crippen LogP contribution in [0.25, 0.3) is 11.1 Å². The Bertz CT molecular complexity index is 1490. The van der Waals surface area contributed by atoms with E-state index in [0.717, 1.165) is 37.2 Å². The molecule has 5 rings (SSSR count). The normalized spacial score (nSPS) is 14.4. The van der Waals surface area contributed by atoms with Gasteiger partial charge in [-0.05, 0) is 72.4 Å². The molecule has 0 radical (unpaired) electrons. The first-order valence-corrected chi connectivity index (χ1v) is 14.6. The maximum atomic E-state index is 13.4. The molecule has 1 aliphatic heterocycles. The van der Waals surface area contributed by atoms with Gasteiger partial charge in [-0.25, -0.2) is 0 Å². The summed E-state index contributed by atoms with van der Waals surface area (Å²) >= 11 is 1.85. The molecule has 42 heavy (non-hydrogen) atoms. The van der Waals surface area contributed by atoms with Crippen molar-refractivity contribution < 1.29 is 27.4 Å². The number of carbonyl (C=O) groups is 1. The Morgan fingerprint density at radius 2 is 1.62 bits per heavy atom. The van der Waals surface area contributed by atoms with Gasteiger partial charge in [-0.1, -0.05) is 72.6 Å². The lowest BCUT2D eigenvalue weighted by Gasteiger charge is -2.31. The van der Waals surface area contributed by atoms with Crippen molar-refractivity contribution in [2.75, 3.05) is 18.4 Å². The number of nitrogens with zero attached hydrogens (tertiary/aromatic N) is 1. The van der Waals surface area contributed by atoms with Crippen LogP contribution in [0.4, 0.5) is 18.9 Å². The Hall–Kier alpha value is -3.95. The first-order valence-electron chi connectivity index (χ1n) is 13.7. The number of halogens is 3. The minimum Gasteiger partial charge on any atom is -0.490 e. The zero-order valence-corrected chi connectivity index (χ0v) is 23.9. The maximum Gasteiger partial charge on any atom is 0.573 e. The Morgan fingerprint density at radius 1 is 0.905 bits per heavy atom.